The number of fused-ring (bicyclic) bond motifs is 1. The van der Waals surface area contributed by atoms with Crippen LogP contribution >= 0.6 is 11.3 Å². The minimum absolute atomic E-state index is 0.218. The summed E-state index contributed by atoms with van der Waals surface area (Å²) >= 11 is 1.47. The predicted octanol–water partition coefficient (Wildman–Crippen LogP) is 4.76. The second kappa shape index (κ2) is 8.63. The third-order valence-corrected chi connectivity index (χ3v) is 6.67. The summed E-state index contributed by atoms with van der Waals surface area (Å²) in [4.78, 5) is 29.3. The lowest BCUT2D eigenvalue weighted by molar-refractivity contribution is -0.119. The van der Waals surface area contributed by atoms with Gasteiger partial charge in [-0.05, 0) is 53.8 Å². The summed E-state index contributed by atoms with van der Waals surface area (Å²) in [5.74, 6) is -0.879. The summed E-state index contributed by atoms with van der Waals surface area (Å²) in [6, 6.07) is 11.1. The predicted molar refractivity (Wildman–Crippen MR) is 121 cm³/mol. The molecular formula is C24H23FN2O4S. The molecule has 2 heterocycles. The summed E-state index contributed by atoms with van der Waals surface area (Å²) in [5.41, 5.74) is 1.75. The van der Waals surface area contributed by atoms with Crippen molar-refractivity contribution in [2.24, 2.45) is 0 Å². The Morgan fingerprint density at radius 2 is 1.84 bits per heavy atom. The molecule has 3 aromatic rings. The topological polar surface area (TPSA) is 67.9 Å². The molecule has 0 spiro atoms. The highest BCUT2D eigenvalue weighted by Crippen LogP contribution is 2.46. The second-order valence-electron chi connectivity index (χ2n) is 7.60. The first-order valence-corrected chi connectivity index (χ1v) is 10.9. The molecule has 2 unspecified atom stereocenters. The Balaban J connectivity index is 1.85. The summed E-state index contributed by atoms with van der Waals surface area (Å²) in [5, 5.41) is 4.73. The van der Waals surface area contributed by atoms with E-state index in [1.807, 2.05) is 17.5 Å². The van der Waals surface area contributed by atoms with Crippen molar-refractivity contribution in [3.63, 3.8) is 0 Å². The largest absolute Gasteiger partial charge is 0.493 e. The summed E-state index contributed by atoms with van der Waals surface area (Å²) in [7, 11) is 4.67. The van der Waals surface area contributed by atoms with E-state index in [1.165, 1.54) is 31.6 Å². The van der Waals surface area contributed by atoms with E-state index < -0.39 is 17.8 Å². The Kier molecular flexibility index (Phi) is 5.88. The maximum Gasteiger partial charge on any atom is 0.254 e. The van der Waals surface area contributed by atoms with Crippen molar-refractivity contribution < 1.29 is 23.5 Å². The molecule has 2 atom stereocenters. The van der Waals surface area contributed by atoms with Gasteiger partial charge in [0, 0.05) is 23.2 Å². The molecule has 2 aromatic carbocycles. The van der Waals surface area contributed by atoms with E-state index in [0.717, 1.165) is 4.88 Å². The average Bonchev–Trinajstić information content (AvgIpc) is 3.32. The van der Waals surface area contributed by atoms with E-state index in [9.17, 15) is 14.0 Å². The molecule has 166 valence electrons. The van der Waals surface area contributed by atoms with Gasteiger partial charge in [-0.2, -0.15) is 0 Å². The third kappa shape index (κ3) is 3.71. The maximum atomic E-state index is 14.1. The van der Waals surface area contributed by atoms with Gasteiger partial charge in [-0.1, -0.05) is 12.1 Å². The van der Waals surface area contributed by atoms with Crippen molar-refractivity contribution in [1.82, 2.24) is 4.90 Å². The van der Waals surface area contributed by atoms with Crippen LogP contribution in [0.15, 0.2) is 47.8 Å². The number of hydrogen-bond acceptors (Lipinski definition) is 5. The first-order valence-electron chi connectivity index (χ1n) is 9.99. The number of thiophene rings is 1. The molecule has 32 heavy (non-hydrogen) atoms. The highest BCUT2D eigenvalue weighted by molar-refractivity contribution is 7.10. The Bertz CT molecular complexity index is 1180. The van der Waals surface area contributed by atoms with E-state index in [0.29, 0.717) is 33.9 Å². The van der Waals surface area contributed by atoms with Crippen LogP contribution in [-0.4, -0.2) is 38.0 Å². The van der Waals surface area contributed by atoms with Crippen molar-refractivity contribution >= 4 is 28.8 Å². The summed E-state index contributed by atoms with van der Waals surface area (Å²) in [6.45, 7) is 1.66. The van der Waals surface area contributed by atoms with Gasteiger partial charge in [-0.3, -0.25) is 9.59 Å². The van der Waals surface area contributed by atoms with Crippen molar-refractivity contribution in [2.75, 3.05) is 26.6 Å². The number of halogens is 1. The van der Waals surface area contributed by atoms with Gasteiger partial charge in [0.1, 0.15) is 5.82 Å². The van der Waals surface area contributed by atoms with Gasteiger partial charge >= 0.3 is 0 Å². The van der Waals surface area contributed by atoms with Gasteiger partial charge in [-0.25, -0.2) is 4.39 Å². The van der Waals surface area contributed by atoms with Crippen molar-refractivity contribution in [2.45, 2.75) is 18.9 Å². The maximum absolute atomic E-state index is 14.1. The Morgan fingerprint density at radius 3 is 2.47 bits per heavy atom. The molecule has 0 saturated carbocycles. The molecule has 1 aliphatic rings. The molecule has 0 radical (unpaired) electrons. The van der Waals surface area contributed by atoms with E-state index in [-0.39, 0.29) is 11.8 Å². The molecule has 8 heteroatoms. The molecule has 4 rings (SSSR count). The molecule has 0 fully saturated rings. The normalized spacial score (nSPS) is 17.7. The van der Waals surface area contributed by atoms with Crippen LogP contribution in [0, 0.1) is 12.7 Å². The molecular weight excluding hydrogens is 431 g/mol. The van der Waals surface area contributed by atoms with Crippen LogP contribution in [-0.2, 0) is 4.79 Å². The van der Waals surface area contributed by atoms with Crippen LogP contribution in [0.5, 0.6) is 11.5 Å². The highest BCUT2D eigenvalue weighted by Gasteiger charge is 2.44. The van der Waals surface area contributed by atoms with Crippen LogP contribution in [0.1, 0.15) is 38.3 Å². The Morgan fingerprint density at radius 1 is 1.12 bits per heavy atom. The number of carbonyl (C=O) groups excluding carboxylic acids is 2. The number of anilines is 1. The van der Waals surface area contributed by atoms with Gasteiger partial charge in [-0.15, -0.1) is 11.3 Å². The zero-order valence-electron chi connectivity index (χ0n) is 18.1. The molecule has 0 bridgehead atoms. The van der Waals surface area contributed by atoms with Gasteiger partial charge < -0.3 is 19.7 Å². The SMILES string of the molecule is COc1cc2c(cc1OC)C(C(=O)Nc1ccc(C)c(F)c1)C(c1cccs1)N(C)C2=O. The molecule has 2 amide bonds. The number of methoxy groups -OCH3 is 2. The Labute approximate surface area is 189 Å². The fourth-order valence-corrected chi connectivity index (χ4v) is 4.94. The number of aryl methyl sites for hydroxylation is 1. The van der Waals surface area contributed by atoms with E-state index in [2.05, 4.69) is 5.32 Å². The first-order chi connectivity index (χ1) is 15.3. The van der Waals surface area contributed by atoms with Crippen molar-refractivity contribution in [3.8, 4) is 11.5 Å². The molecule has 1 aromatic heterocycles. The Hall–Kier alpha value is -3.39. The highest BCUT2D eigenvalue weighted by atomic mass is 32.1. The smallest absolute Gasteiger partial charge is 0.254 e. The molecule has 1 aliphatic heterocycles. The minimum atomic E-state index is -0.740. The van der Waals surface area contributed by atoms with Crippen LogP contribution in [0.3, 0.4) is 0 Å². The second-order valence-corrected chi connectivity index (χ2v) is 8.58. The van der Waals surface area contributed by atoms with Crippen molar-refractivity contribution in [1.29, 1.82) is 0 Å². The van der Waals surface area contributed by atoms with Crippen LogP contribution < -0.4 is 14.8 Å². The lowest BCUT2D eigenvalue weighted by Crippen LogP contribution is -2.43. The first kappa shape index (κ1) is 21.8. The zero-order chi connectivity index (χ0) is 23.0. The molecule has 6 nitrogen and oxygen atoms in total. The van der Waals surface area contributed by atoms with Gasteiger partial charge in [0.15, 0.2) is 11.5 Å². The van der Waals surface area contributed by atoms with Gasteiger partial charge in [0.25, 0.3) is 5.91 Å². The number of amides is 2. The monoisotopic (exact) mass is 454 g/mol. The molecule has 0 aliphatic carbocycles. The van der Waals surface area contributed by atoms with Crippen molar-refractivity contribution in [3.05, 3.63) is 75.2 Å². The fraction of sp³-hybridized carbons (Fsp3) is 0.250. The minimum Gasteiger partial charge on any atom is -0.493 e. The van der Waals surface area contributed by atoms with Crippen LogP contribution in [0.25, 0.3) is 0 Å². The lowest BCUT2D eigenvalue weighted by Gasteiger charge is -2.39. The lowest BCUT2D eigenvalue weighted by atomic mass is 9.81. The summed E-state index contributed by atoms with van der Waals surface area (Å²) < 4.78 is 24.9. The molecule has 1 N–H and O–H groups in total. The summed E-state index contributed by atoms with van der Waals surface area (Å²) in [6.07, 6.45) is 0. The number of likely N-dealkylation sites (N-methyl/N-ethyl adjacent to an activating group) is 1. The third-order valence-electron chi connectivity index (χ3n) is 5.73. The van der Waals surface area contributed by atoms with E-state index >= 15 is 0 Å². The fourth-order valence-electron chi connectivity index (χ4n) is 4.04. The average molecular weight is 455 g/mol. The molecule has 0 saturated heterocycles. The number of hydrogen-bond donors (Lipinski definition) is 1. The number of rotatable bonds is 5. The zero-order valence-corrected chi connectivity index (χ0v) is 19.0. The number of carbonyl (C=O) groups is 2. The van der Waals surface area contributed by atoms with E-state index in [1.54, 1.807) is 43.1 Å². The van der Waals surface area contributed by atoms with Crippen LogP contribution in [0.2, 0.25) is 0 Å². The number of nitrogens with zero attached hydrogens (tertiary/aromatic N) is 1. The quantitative estimate of drug-likeness (QED) is 0.604. The number of ether oxygens (including phenoxy) is 2. The number of nitrogens with one attached hydrogen (secondary N) is 1. The number of benzene rings is 2. The van der Waals surface area contributed by atoms with Gasteiger partial charge in [0.2, 0.25) is 5.91 Å². The van der Waals surface area contributed by atoms with Crippen LogP contribution in [0.4, 0.5) is 10.1 Å². The van der Waals surface area contributed by atoms with E-state index in [4.69, 9.17) is 9.47 Å². The van der Waals surface area contributed by atoms with Gasteiger partial charge in [0.05, 0.1) is 26.2 Å². The standard InChI is InChI=1S/C24H23FN2O4S/c1-13-7-8-14(10-17(13)25)26-23(28)21-15-11-18(30-3)19(31-4)12-16(15)24(29)27(2)22(21)20-6-5-9-32-20/h5-12,21-22H,1-4H3,(H,26,28).